The number of carbonyl (C=O) groups is 2. The van der Waals surface area contributed by atoms with Gasteiger partial charge in [-0.2, -0.15) is 0 Å². The number of morpholine rings is 1. The molecule has 0 aliphatic carbocycles. The van der Waals surface area contributed by atoms with Gasteiger partial charge < -0.3 is 20.1 Å². The first-order chi connectivity index (χ1) is 12.8. The molecular weight excluding hydrogens is 346 g/mol. The topological polar surface area (TPSA) is 83.3 Å². The van der Waals surface area contributed by atoms with Crippen molar-refractivity contribution in [2.45, 2.75) is 38.3 Å². The fourth-order valence-corrected chi connectivity index (χ4v) is 3.73. The first-order valence-corrected chi connectivity index (χ1v) is 9.65. The molecule has 1 aromatic carbocycles. The van der Waals surface area contributed by atoms with Crippen molar-refractivity contribution in [3.63, 3.8) is 0 Å². The molecule has 2 saturated heterocycles. The van der Waals surface area contributed by atoms with Crippen LogP contribution in [0.4, 0.5) is 4.79 Å². The third-order valence-corrected chi connectivity index (χ3v) is 5.55. The SMILES string of the molecule is CC(C)c1ccc([C@@]2(C)NC(=O)N(C[C@@H](O)C[NH+]3CCOCC3)C2=O)cc1. The fraction of sp³-hybridized carbons (Fsp3) is 0.600. The van der Waals surface area contributed by atoms with Gasteiger partial charge in [-0.3, -0.25) is 9.69 Å². The zero-order valence-electron chi connectivity index (χ0n) is 16.3. The number of quaternary nitrogens is 1. The number of amides is 3. The summed E-state index contributed by atoms with van der Waals surface area (Å²) in [5.74, 6) is 0.0795. The average molecular weight is 376 g/mol. The summed E-state index contributed by atoms with van der Waals surface area (Å²) >= 11 is 0. The van der Waals surface area contributed by atoms with Crippen LogP contribution in [-0.4, -0.2) is 67.4 Å². The normalized spacial score (nSPS) is 25.1. The predicted molar refractivity (Wildman–Crippen MR) is 101 cm³/mol. The van der Waals surface area contributed by atoms with Crippen LogP contribution in [0.3, 0.4) is 0 Å². The standard InChI is InChI=1S/C20H29N3O4/c1-14(2)15-4-6-16(7-5-15)20(3)18(25)23(19(26)21-20)13-17(24)12-22-8-10-27-11-9-22/h4-7,14,17,24H,8-13H2,1-3H3,(H,21,26)/p+1/t17-,20+/m0/s1. The van der Waals surface area contributed by atoms with E-state index in [-0.39, 0.29) is 12.5 Å². The van der Waals surface area contributed by atoms with Crippen LogP contribution in [0.15, 0.2) is 24.3 Å². The molecule has 2 aliphatic heterocycles. The number of hydrogen-bond acceptors (Lipinski definition) is 4. The van der Waals surface area contributed by atoms with E-state index >= 15 is 0 Å². The molecule has 2 heterocycles. The Kier molecular flexibility index (Phi) is 5.83. The van der Waals surface area contributed by atoms with Crippen LogP contribution >= 0.6 is 0 Å². The second-order valence-electron chi connectivity index (χ2n) is 7.97. The predicted octanol–water partition coefficient (Wildman–Crippen LogP) is -0.147. The molecule has 0 radical (unpaired) electrons. The lowest BCUT2D eigenvalue weighted by Gasteiger charge is -2.27. The van der Waals surface area contributed by atoms with Crippen molar-refractivity contribution < 1.29 is 24.3 Å². The van der Waals surface area contributed by atoms with Gasteiger partial charge in [0.2, 0.25) is 0 Å². The van der Waals surface area contributed by atoms with Crippen LogP contribution in [0.1, 0.15) is 37.8 Å². The number of ether oxygens (including phenoxy) is 1. The Morgan fingerprint density at radius 1 is 1.22 bits per heavy atom. The summed E-state index contributed by atoms with van der Waals surface area (Å²) in [5.41, 5.74) is 0.832. The molecule has 0 unspecified atom stereocenters. The van der Waals surface area contributed by atoms with E-state index in [1.807, 2.05) is 24.3 Å². The highest BCUT2D eigenvalue weighted by Crippen LogP contribution is 2.30. The summed E-state index contributed by atoms with van der Waals surface area (Å²) in [7, 11) is 0. The van der Waals surface area contributed by atoms with E-state index in [2.05, 4.69) is 19.2 Å². The number of hydrogen-bond donors (Lipinski definition) is 3. The van der Waals surface area contributed by atoms with Gasteiger partial charge in [0.25, 0.3) is 5.91 Å². The van der Waals surface area contributed by atoms with Gasteiger partial charge in [0, 0.05) is 0 Å². The third kappa shape index (κ3) is 4.15. The van der Waals surface area contributed by atoms with E-state index in [1.165, 1.54) is 10.5 Å². The Bertz CT molecular complexity index is 685. The summed E-state index contributed by atoms with van der Waals surface area (Å²) in [6.07, 6.45) is -0.751. The maximum absolute atomic E-state index is 13.0. The number of urea groups is 1. The Balaban J connectivity index is 1.68. The lowest BCUT2D eigenvalue weighted by Crippen LogP contribution is -3.15. The van der Waals surface area contributed by atoms with Gasteiger partial charge in [-0.25, -0.2) is 4.79 Å². The molecule has 0 aromatic heterocycles. The molecule has 0 spiro atoms. The number of carbonyl (C=O) groups excluding carboxylic acids is 2. The highest BCUT2D eigenvalue weighted by Gasteiger charge is 2.49. The van der Waals surface area contributed by atoms with Crippen LogP contribution in [0, 0.1) is 0 Å². The molecule has 2 atom stereocenters. The van der Waals surface area contributed by atoms with Gasteiger partial charge in [0.15, 0.2) is 0 Å². The number of rotatable bonds is 6. The minimum atomic E-state index is -1.10. The van der Waals surface area contributed by atoms with E-state index in [0.29, 0.717) is 25.7 Å². The lowest BCUT2D eigenvalue weighted by atomic mass is 9.90. The summed E-state index contributed by atoms with van der Waals surface area (Å²) in [6, 6.07) is 7.32. The number of aliphatic hydroxyl groups excluding tert-OH is 1. The Morgan fingerprint density at radius 3 is 2.44 bits per heavy atom. The highest BCUT2D eigenvalue weighted by molar-refractivity contribution is 6.07. The highest BCUT2D eigenvalue weighted by atomic mass is 16.5. The smallest absolute Gasteiger partial charge is 0.325 e. The number of β-amino-alcohol motifs (C(OH)–C–C–N with tert-alkyl or cyclic N) is 1. The fourth-order valence-electron chi connectivity index (χ4n) is 3.73. The largest absolute Gasteiger partial charge is 0.385 e. The Morgan fingerprint density at radius 2 is 1.85 bits per heavy atom. The first kappa shape index (κ1) is 19.8. The summed E-state index contributed by atoms with van der Waals surface area (Å²) in [6.45, 7) is 9.46. The van der Waals surface area contributed by atoms with Crippen LogP contribution in [0.2, 0.25) is 0 Å². The second kappa shape index (κ2) is 7.96. The monoisotopic (exact) mass is 376 g/mol. The molecule has 2 aliphatic rings. The van der Waals surface area contributed by atoms with Gasteiger partial charge in [-0.05, 0) is 24.0 Å². The number of nitrogens with one attached hydrogen (secondary N) is 2. The van der Waals surface area contributed by atoms with E-state index in [0.717, 1.165) is 23.6 Å². The van der Waals surface area contributed by atoms with Crippen molar-refractivity contribution in [2.75, 3.05) is 39.4 Å². The average Bonchev–Trinajstić information content (AvgIpc) is 2.86. The van der Waals surface area contributed by atoms with Crippen LogP contribution in [-0.2, 0) is 15.1 Å². The molecule has 3 N–H and O–H groups in total. The molecule has 7 nitrogen and oxygen atoms in total. The summed E-state index contributed by atoms with van der Waals surface area (Å²) in [4.78, 5) is 27.8. The van der Waals surface area contributed by atoms with Gasteiger partial charge in [-0.1, -0.05) is 38.1 Å². The van der Waals surface area contributed by atoms with Gasteiger partial charge in [0.05, 0.1) is 19.8 Å². The van der Waals surface area contributed by atoms with Crippen molar-refractivity contribution in [1.82, 2.24) is 10.2 Å². The van der Waals surface area contributed by atoms with Gasteiger partial charge >= 0.3 is 6.03 Å². The van der Waals surface area contributed by atoms with Crippen molar-refractivity contribution >= 4 is 11.9 Å². The quantitative estimate of drug-likeness (QED) is 0.603. The molecule has 2 fully saturated rings. The molecule has 3 amide bonds. The molecule has 0 saturated carbocycles. The zero-order chi connectivity index (χ0) is 19.6. The molecule has 148 valence electrons. The molecule has 7 heteroatoms. The Labute approximate surface area is 160 Å². The first-order valence-electron chi connectivity index (χ1n) is 9.65. The van der Waals surface area contributed by atoms with Crippen LogP contribution < -0.4 is 10.2 Å². The van der Waals surface area contributed by atoms with E-state index in [9.17, 15) is 14.7 Å². The van der Waals surface area contributed by atoms with E-state index in [1.54, 1.807) is 6.92 Å². The van der Waals surface area contributed by atoms with Crippen molar-refractivity contribution in [1.29, 1.82) is 0 Å². The number of imide groups is 1. The number of benzene rings is 1. The minimum Gasteiger partial charge on any atom is -0.385 e. The maximum Gasteiger partial charge on any atom is 0.325 e. The molecule has 27 heavy (non-hydrogen) atoms. The van der Waals surface area contributed by atoms with E-state index in [4.69, 9.17) is 4.74 Å². The Hall–Kier alpha value is -1.96. The summed E-state index contributed by atoms with van der Waals surface area (Å²) < 4.78 is 5.32. The molecular formula is C20H30N3O4+. The summed E-state index contributed by atoms with van der Waals surface area (Å²) in [5, 5.41) is 13.2. The van der Waals surface area contributed by atoms with Crippen molar-refractivity contribution in [3.8, 4) is 0 Å². The zero-order valence-corrected chi connectivity index (χ0v) is 16.3. The van der Waals surface area contributed by atoms with Crippen molar-refractivity contribution in [2.24, 2.45) is 0 Å². The number of aliphatic hydroxyl groups is 1. The van der Waals surface area contributed by atoms with Crippen LogP contribution in [0.25, 0.3) is 0 Å². The van der Waals surface area contributed by atoms with E-state index < -0.39 is 17.7 Å². The maximum atomic E-state index is 13.0. The minimum absolute atomic E-state index is 0.00862. The van der Waals surface area contributed by atoms with Gasteiger partial charge in [0.1, 0.15) is 31.3 Å². The molecule has 1 aromatic rings. The molecule has 3 rings (SSSR count). The second-order valence-corrected chi connectivity index (χ2v) is 7.97. The van der Waals surface area contributed by atoms with Crippen molar-refractivity contribution in [3.05, 3.63) is 35.4 Å². The van der Waals surface area contributed by atoms with Gasteiger partial charge in [-0.15, -0.1) is 0 Å². The number of nitrogens with zero attached hydrogens (tertiary/aromatic N) is 1. The lowest BCUT2D eigenvalue weighted by molar-refractivity contribution is -0.910. The molecule has 0 bridgehead atoms. The van der Waals surface area contributed by atoms with Crippen LogP contribution in [0.5, 0.6) is 0 Å². The third-order valence-electron chi connectivity index (χ3n) is 5.55.